The average molecular weight is 295 g/mol. The number of rotatable bonds is 3. The molecule has 0 saturated heterocycles. The monoisotopic (exact) mass is 295 g/mol. The molecule has 4 heteroatoms. The fourth-order valence-electron chi connectivity index (χ4n) is 2.54. The Morgan fingerprint density at radius 1 is 1.18 bits per heavy atom. The maximum absolute atomic E-state index is 12.5. The van der Waals surface area contributed by atoms with Crippen molar-refractivity contribution in [3.63, 3.8) is 0 Å². The highest BCUT2D eigenvalue weighted by atomic mass is 16.5. The van der Waals surface area contributed by atoms with Gasteiger partial charge in [0.1, 0.15) is 12.0 Å². The van der Waals surface area contributed by atoms with Crippen LogP contribution in [0.4, 0.5) is 5.69 Å². The minimum absolute atomic E-state index is 0.101. The number of amides is 1. The molecule has 0 N–H and O–H groups in total. The number of carbonyl (C=O) groups excluding carboxylic acids is 2. The summed E-state index contributed by atoms with van der Waals surface area (Å²) in [6.07, 6.45) is 0.243. The number of benzene rings is 2. The van der Waals surface area contributed by atoms with Gasteiger partial charge in [-0.15, -0.1) is 0 Å². The maximum atomic E-state index is 12.5. The molecular formula is C18H17NO3. The first kappa shape index (κ1) is 14.3. The molecule has 22 heavy (non-hydrogen) atoms. The quantitative estimate of drug-likeness (QED) is 0.817. The topological polar surface area (TPSA) is 46.6 Å². The zero-order chi connectivity index (χ0) is 15.7. The molecule has 0 radical (unpaired) electrons. The molecule has 112 valence electrons. The third kappa shape index (κ3) is 2.60. The first-order chi connectivity index (χ1) is 10.6. The van der Waals surface area contributed by atoms with Crippen LogP contribution in [0, 0.1) is 6.92 Å². The van der Waals surface area contributed by atoms with E-state index >= 15 is 0 Å². The zero-order valence-electron chi connectivity index (χ0n) is 12.6. The summed E-state index contributed by atoms with van der Waals surface area (Å²) in [4.78, 5) is 25.1. The van der Waals surface area contributed by atoms with Gasteiger partial charge < -0.3 is 9.64 Å². The normalized spacial score (nSPS) is 16.9. The minimum atomic E-state index is -0.528. The van der Waals surface area contributed by atoms with Crippen LogP contribution in [0.1, 0.15) is 28.4 Å². The Balaban J connectivity index is 2.00. The van der Waals surface area contributed by atoms with E-state index in [2.05, 4.69) is 0 Å². The Morgan fingerprint density at radius 3 is 2.59 bits per heavy atom. The van der Waals surface area contributed by atoms with Gasteiger partial charge in [0, 0.05) is 5.56 Å². The lowest BCUT2D eigenvalue weighted by atomic mass is 10.1. The highest BCUT2D eigenvalue weighted by Crippen LogP contribution is 2.35. The van der Waals surface area contributed by atoms with E-state index < -0.39 is 6.10 Å². The molecule has 0 spiro atoms. The molecule has 1 atom stereocenters. The second-order valence-corrected chi connectivity index (χ2v) is 5.52. The molecule has 1 unspecified atom stereocenters. The van der Waals surface area contributed by atoms with Crippen molar-refractivity contribution in [1.82, 2.24) is 0 Å². The van der Waals surface area contributed by atoms with Crippen molar-refractivity contribution >= 4 is 17.9 Å². The number of ether oxygens (including phenoxy) is 1. The van der Waals surface area contributed by atoms with Crippen molar-refractivity contribution in [2.24, 2.45) is 0 Å². The van der Waals surface area contributed by atoms with Gasteiger partial charge >= 0.3 is 0 Å². The third-order valence-corrected chi connectivity index (χ3v) is 3.79. The smallest absolute Gasteiger partial charge is 0.268 e. The minimum Gasteiger partial charge on any atom is -0.479 e. The lowest BCUT2D eigenvalue weighted by molar-refractivity contribution is -0.125. The van der Waals surface area contributed by atoms with Crippen molar-refractivity contribution in [3.8, 4) is 5.75 Å². The summed E-state index contributed by atoms with van der Waals surface area (Å²) in [5.74, 6) is 0.529. The average Bonchev–Trinajstić information content (AvgIpc) is 2.53. The summed E-state index contributed by atoms with van der Waals surface area (Å²) in [6, 6.07) is 13.2. The van der Waals surface area contributed by atoms with Crippen LogP contribution >= 0.6 is 0 Å². The fourth-order valence-corrected chi connectivity index (χ4v) is 2.54. The van der Waals surface area contributed by atoms with Gasteiger partial charge in [0.25, 0.3) is 5.91 Å². The van der Waals surface area contributed by atoms with Gasteiger partial charge in [0.2, 0.25) is 0 Å². The van der Waals surface area contributed by atoms with Gasteiger partial charge in [-0.25, -0.2) is 0 Å². The molecule has 3 rings (SSSR count). The van der Waals surface area contributed by atoms with Crippen LogP contribution in [0.15, 0.2) is 42.5 Å². The molecule has 0 aliphatic carbocycles. The van der Waals surface area contributed by atoms with Crippen LogP contribution in [-0.2, 0) is 11.3 Å². The van der Waals surface area contributed by atoms with E-state index in [-0.39, 0.29) is 5.91 Å². The van der Waals surface area contributed by atoms with Gasteiger partial charge in [-0.05, 0) is 37.6 Å². The summed E-state index contributed by atoms with van der Waals surface area (Å²) in [5, 5.41) is 0. The van der Waals surface area contributed by atoms with Gasteiger partial charge in [0.15, 0.2) is 6.10 Å². The van der Waals surface area contributed by atoms with Crippen LogP contribution < -0.4 is 9.64 Å². The van der Waals surface area contributed by atoms with Gasteiger partial charge in [0.05, 0.1) is 12.2 Å². The highest BCUT2D eigenvalue weighted by Gasteiger charge is 2.31. The number of anilines is 1. The molecule has 4 nitrogen and oxygen atoms in total. The first-order valence-electron chi connectivity index (χ1n) is 7.21. The summed E-state index contributed by atoms with van der Waals surface area (Å²) >= 11 is 0. The van der Waals surface area contributed by atoms with E-state index in [1.165, 1.54) is 5.56 Å². The maximum Gasteiger partial charge on any atom is 0.268 e. The Hall–Kier alpha value is -2.62. The highest BCUT2D eigenvalue weighted by molar-refractivity contribution is 6.00. The second-order valence-electron chi connectivity index (χ2n) is 5.52. The number of carbonyl (C=O) groups is 2. The van der Waals surface area contributed by atoms with Gasteiger partial charge in [-0.3, -0.25) is 9.59 Å². The summed E-state index contributed by atoms with van der Waals surface area (Å²) < 4.78 is 5.62. The third-order valence-electron chi connectivity index (χ3n) is 3.79. The van der Waals surface area contributed by atoms with Crippen molar-refractivity contribution in [1.29, 1.82) is 0 Å². The first-order valence-corrected chi connectivity index (χ1v) is 7.21. The van der Waals surface area contributed by atoms with E-state index in [9.17, 15) is 9.59 Å². The lowest BCUT2D eigenvalue weighted by Gasteiger charge is -2.33. The van der Waals surface area contributed by atoms with Crippen molar-refractivity contribution in [2.45, 2.75) is 26.5 Å². The summed E-state index contributed by atoms with van der Waals surface area (Å²) in [7, 11) is 0. The van der Waals surface area contributed by atoms with Crippen molar-refractivity contribution < 1.29 is 14.3 Å². The van der Waals surface area contributed by atoms with E-state index in [1.54, 1.807) is 30.0 Å². The van der Waals surface area contributed by atoms with E-state index in [0.29, 0.717) is 23.5 Å². The molecule has 0 bridgehead atoms. The number of hydrogen-bond acceptors (Lipinski definition) is 3. The Morgan fingerprint density at radius 2 is 1.91 bits per heavy atom. The van der Waals surface area contributed by atoms with Crippen molar-refractivity contribution in [3.05, 3.63) is 59.2 Å². The van der Waals surface area contributed by atoms with Crippen LogP contribution in [-0.4, -0.2) is 18.3 Å². The van der Waals surface area contributed by atoms with Gasteiger partial charge in [-0.2, -0.15) is 0 Å². The molecule has 0 aromatic heterocycles. The number of nitrogens with zero attached hydrogens (tertiary/aromatic N) is 1. The van der Waals surface area contributed by atoms with E-state index in [0.717, 1.165) is 11.8 Å². The molecule has 0 saturated carbocycles. The molecule has 1 aliphatic rings. The largest absolute Gasteiger partial charge is 0.479 e. The lowest BCUT2D eigenvalue weighted by Crippen LogP contribution is -2.44. The Labute approximate surface area is 129 Å². The molecule has 0 fully saturated rings. The fraction of sp³-hybridized carbons (Fsp3) is 0.222. The Bertz CT molecular complexity index is 722. The second kappa shape index (κ2) is 5.64. The molecule has 1 amide bonds. The number of hydrogen-bond donors (Lipinski definition) is 0. The summed E-state index contributed by atoms with van der Waals surface area (Å²) in [6.45, 7) is 4.22. The van der Waals surface area contributed by atoms with Crippen LogP contribution in [0.3, 0.4) is 0 Å². The van der Waals surface area contributed by atoms with Crippen LogP contribution in [0.25, 0.3) is 0 Å². The molecule has 2 aromatic rings. The zero-order valence-corrected chi connectivity index (χ0v) is 12.6. The molecular weight excluding hydrogens is 278 g/mol. The van der Waals surface area contributed by atoms with Crippen molar-refractivity contribution in [2.75, 3.05) is 4.90 Å². The van der Waals surface area contributed by atoms with E-state index in [1.807, 2.05) is 31.2 Å². The predicted octanol–water partition coefficient (Wildman–Crippen LogP) is 3.12. The van der Waals surface area contributed by atoms with Crippen LogP contribution in [0.2, 0.25) is 0 Å². The Kier molecular flexibility index (Phi) is 3.67. The molecule has 1 aliphatic heterocycles. The number of fused-ring (bicyclic) bond motifs is 1. The number of aryl methyl sites for hydroxylation is 1. The van der Waals surface area contributed by atoms with Gasteiger partial charge in [-0.1, -0.05) is 29.8 Å². The van der Waals surface area contributed by atoms with Crippen LogP contribution in [0.5, 0.6) is 5.75 Å². The summed E-state index contributed by atoms with van der Waals surface area (Å²) in [5.41, 5.74) is 3.39. The molecule has 2 aromatic carbocycles. The standard InChI is InChI=1S/C18H17NO3/c1-12-3-5-14(6-4-12)10-19-16-9-15(11-20)7-8-17(16)22-13(2)18(19)21/h3-9,11,13H,10H2,1-2H3. The predicted molar refractivity (Wildman–Crippen MR) is 84.3 cm³/mol. The van der Waals surface area contributed by atoms with E-state index in [4.69, 9.17) is 4.74 Å². The SMILES string of the molecule is Cc1ccc(CN2C(=O)C(C)Oc3ccc(C=O)cc32)cc1. The number of aldehydes is 1. The molecule has 1 heterocycles.